The maximum Gasteiger partial charge on any atom is 0.128 e. The van der Waals surface area contributed by atoms with Crippen LogP contribution in [0.1, 0.15) is 12.0 Å². The first-order valence-electron chi connectivity index (χ1n) is 5.58. The number of hydrogen-bond acceptors (Lipinski definition) is 2. The van der Waals surface area contributed by atoms with Gasteiger partial charge in [-0.1, -0.05) is 12.1 Å². The number of nitrogens with one attached hydrogen (secondary N) is 2. The van der Waals surface area contributed by atoms with Gasteiger partial charge in [-0.05, 0) is 30.7 Å². The van der Waals surface area contributed by atoms with E-state index >= 15 is 0 Å². The number of benzene rings is 1. The Kier molecular flexibility index (Phi) is 3.85. The van der Waals surface area contributed by atoms with Crippen LogP contribution < -0.4 is 10.6 Å². The zero-order valence-electron chi connectivity index (χ0n) is 9.05. The topological polar surface area (TPSA) is 24.1 Å². The summed E-state index contributed by atoms with van der Waals surface area (Å²) in [7, 11) is 0. The molecule has 0 aliphatic carbocycles. The van der Waals surface area contributed by atoms with Crippen LogP contribution in [0.5, 0.6) is 0 Å². The highest BCUT2D eigenvalue weighted by molar-refractivity contribution is 5.15. The average Bonchev–Trinajstić information content (AvgIpc) is 2.30. The molecule has 88 valence electrons. The molecule has 1 aromatic rings. The molecular formula is C12H16F2N2. The summed E-state index contributed by atoms with van der Waals surface area (Å²) in [5.74, 6) is -0.242. The SMILES string of the molecule is Fc1ccc(CNC2CCNC[C@H]2F)cc1. The lowest BCUT2D eigenvalue weighted by Crippen LogP contribution is -2.48. The highest BCUT2D eigenvalue weighted by Gasteiger charge is 2.23. The molecule has 2 atom stereocenters. The largest absolute Gasteiger partial charge is 0.314 e. The second-order valence-electron chi connectivity index (χ2n) is 4.12. The first-order chi connectivity index (χ1) is 7.75. The quantitative estimate of drug-likeness (QED) is 0.818. The van der Waals surface area contributed by atoms with E-state index in [2.05, 4.69) is 10.6 Å². The van der Waals surface area contributed by atoms with Crippen molar-refractivity contribution in [1.82, 2.24) is 10.6 Å². The van der Waals surface area contributed by atoms with Gasteiger partial charge in [0.1, 0.15) is 12.0 Å². The standard InChI is InChI=1S/C12H16F2N2/c13-10-3-1-9(2-4-10)7-16-12-5-6-15-8-11(12)14/h1-4,11-12,15-16H,5-8H2/t11-,12?/m1/s1. The second-order valence-corrected chi connectivity index (χ2v) is 4.12. The summed E-state index contributed by atoms with van der Waals surface area (Å²) in [4.78, 5) is 0. The minimum atomic E-state index is -0.839. The van der Waals surface area contributed by atoms with Gasteiger partial charge < -0.3 is 10.6 Å². The Bertz CT molecular complexity index is 326. The van der Waals surface area contributed by atoms with E-state index in [0.717, 1.165) is 18.5 Å². The molecule has 0 aromatic heterocycles. The molecule has 1 aromatic carbocycles. The van der Waals surface area contributed by atoms with Gasteiger partial charge in [0.05, 0.1) is 0 Å². The van der Waals surface area contributed by atoms with Crippen molar-refractivity contribution < 1.29 is 8.78 Å². The van der Waals surface area contributed by atoms with Gasteiger partial charge in [0, 0.05) is 19.1 Å². The minimum Gasteiger partial charge on any atom is -0.314 e. The lowest BCUT2D eigenvalue weighted by molar-refractivity contribution is 0.202. The number of alkyl halides is 1. The van der Waals surface area contributed by atoms with Crippen LogP contribution in [0.15, 0.2) is 24.3 Å². The van der Waals surface area contributed by atoms with E-state index < -0.39 is 6.17 Å². The first-order valence-corrected chi connectivity index (χ1v) is 5.58. The Labute approximate surface area is 94.0 Å². The van der Waals surface area contributed by atoms with Gasteiger partial charge in [-0.2, -0.15) is 0 Å². The van der Waals surface area contributed by atoms with E-state index in [4.69, 9.17) is 0 Å². The van der Waals surface area contributed by atoms with Crippen molar-refractivity contribution >= 4 is 0 Å². The van der Waals surface area contributed by atoms with Crippen molar-refractivity contribution in [3.63, 3.8) is 0 Å². The highest BCUT2D eigenvalue weighted by Crippen LogP contribution is 2.09. The van der Waals surface area contributed by atoms with Gasteiger partial charge in [0.15, 0.2) is 0 Å². The molecule has 0 saturated carbocycles. The molecule has 0 bridgehead atoms. The van der Waals surface area contributed by atoms with Crippen LogP contribution in [0.25, 0.3) is 0 Å². The van der Waals surface area contributed by atoms with Gasteiger partial charge >= 0.3 is 0 Å². The average molecular weight is 226 g/mol. The molecular weight excluding hydrogens is 210 g/mol. The molecule has 2 rings (SSSR count). The predicted molar refractivity (Wildman–Crippen MR) is 59.4 cm³/mol. The van der Waals surface area contributed by atoms with Crippen LogP contribution in [-0.4, -0.2) is 25.3 Å². The molecule has 1 aliphatic heterocycles. The summed E-state index contributed by atoms with van der Waals surface area (Å²) < 4.78 is 26.1. The highest BCUT2D eigenvalue weighted by atomic mass is 19.1. The van der Waals surface area contributed by atoms with Crippen LogP contribution in [-0.2, 0) is 6.54 Å². The molecule has 1 heterocycles. The van der Waals surface area contributed by atoms with Crippen LogP contribution in [0.2, 0.25) is 0 Å². The first kappa shape index (κ1) is 11.5. The van der Waals surface area contributed by atoms with E-state index in [9.17, 15) is 8.78 Å². The van der Waals surface area contributed by atoms with E-state index in [-0.39, 0.29) is 11.9 Å². The van der Waals surface area contributed by atoms with Crippen LogP contribution in [0, 0.1) is 5.82 Å². The molecule has 0 radical (unpaired) electrons. The molecule has 1 unspecified atom stereocenters. The summed E-state index contributed by atoms with van der Waals surface area (Å²) in [5.41, 5.74) is 0.979. The second kappa shape index (κ2) is 5.37. The monoisotopic (exact) mass is 226 g/mol. The molecule has 0 amide bonds. The van der Waals surface area contributed by atoms with Crippen LogP contribution in [0.4, 0.5) is 8.78 Å². The van der Waals surface area contributed by atoms with Gasteiger partial charge in [-0.25, -0.2) is 8.78 Å². The Hall–Kier alpha value is -1.00. The number of halogens is 2. The normalized spacial score (nSPS) is 25.6. The number of rotatable bonds is 3. The summed E-state index contributed by atoms with van der Waals surface area (Å²) >= 11 is 0. The number of piperidine rings is 1. The van der Waals surface area contributed by atoms with E-state index in [1.54, 1.807) is 12.1 Å². The van der Waals surface area contributed by atoms with Gasteiger partial charge in [-0.3, -0.25) is 0 Å². The Morgan fingerprint density at radius 2 is 2.06 bits per heavy atom. The molecule has 2 N–H and O–H groups in total. The lowest BCUT2D eigenvalue weighted by Gasteiger charge is -2.27. The minimum absolute atomic E-state index is 0.0914. The predicted octanol–water partition coefficient (Wildman–Crippen LogP) is 1.62. The summed E-state index contributed by atoms with van der Waals surface area (Å²) in [5, 5.41) is 6.18. The molecule has 1 aliphatic rings. The van der Waals surface area contributed by atoms with Gasteiger partial charge in [0.2, 0.25) is 0 Å². The van der Waals surface area contributed by atoms with Crippen LogP contribution >= 0.6 is 0 Å². The summed E-state index contributed by atoms with van der Waals surface area (Å²) in [6, 6.07) is 6.19. The zero-order chi connectivity index (χ0) is 11.4. The fourth-order valence-corrected chi connectivity index (χ4v) is 1.90. The molecule has 2 nitrogen and oxygen atoms in total. The van der Waals surface area contributed by atoms with Crippen molar-refractivity contribution in [3.05, 3.63) is 35.6 Å². The maximum atomic E-state index is 13.4. The lowest BCUT2D eigenvalue weighted by atomic mass is 10.0. The molecule has 1 fully saturated rings. The molecule has 1 saturated heterocycles. The third-order valence-corrected chi connectivity index (χ3v) is 2.89. The van der Waals surface area contributed by atoms with E-state index in [1.807, 2.05) is 0 Å². The Morgan fingerprint density at radius 1 is 1.31 bits per heavy atom. The zero-order valence-corrected chi connectivity index (χ0v) is 9.05. The third kappa shape index (κ3) is 3.00. The van der Waals surface area contributed by atoms with E-state index in [1.165, 1.54) is 12.1 Å². The summed E-state index contributed by atoms with van der Waals surface area (Å²) in [6.07, 6.45) is -0.0447. The fraction of sp³-hybridized carbons (Fsp3) is 0.500. The molecule has 16 heavy (non-hydrogen) atoms. The van der Waals surface area contributed by atoms with Crippen LogP contribution in [0.3, 0.4) is 0 Å². The number of hydrogen-bond donors (Lipinski definition) is 2. The van der Waals surface area contributed by atoms with Gasteiger partial charge in [0.25, 0.3) is 0 Å². The molecule has 0 spiro atoms. The Morgan fingerprint density at radius 3 is 2.75 bits per heavy atom. The van der Waals surface area contributed by atoms with Crippen molar-refractivity contribution in [2.75, 3.05) is 13.1 Å². The smallest absolute Gasteiger partial charge is 0.128 e. The van der Waals surface area contributed by atoms with Crippen molar-refractivity contribution in [3.8, 4) is 0 Å². The maximum absolute atomic E-state index is 13.4. The third-order valence-electron chi connectivity index (χ3n) is 2.89. The Balaban J connectivity index is 1.84. The van der Waals surface area contributed by atoms with Crippen molar-refractivity contribution in [2.24, 2.45) is 0 Å². The molecule has 4 heteroatoms. The fourth-order valence-electron chi connectivity index (χ4n) is 1.90. The van der Waals surface area contributed by atoms with E-state index in [0.29, 0.717) is 13.1 Å². The van der Waals surface area contributed by atoms with Crippen molar-refractivity contribution in [2.45, 2.75) is 25.2 Å². The van der Waals surface area contributed by atoms with Gasteiger partial charge in [-0.15, -0.1) is 0 Å². The van der Waals surface area contributed by atoms with Crippen molar-refractivity contribution in [1.29, 1.82) is 0 Å². The summed E-state index contributed by atoms with van der Waals surface area (Å²) in [6.45, 7) is 1.86.